The molecule has 30 heavy (non-hydrogen) atoms. The molecule has 1 aliphatic heterocycles. The molecule has 5 rings (SSSR count). The van der Waals surface area contributed by atoms with Gasteiger partial charge in [0.15, 0.2) is 11.5 Å². The van der Waals surface area contributed by atoms with E-state index in [1.807, 2.05) is 19.3 Å². The van der Waals surface area contributed by atoms with Gasteiger partial charge in [-0.05, 0) is 31.4 Å². The van der Waals surface area contributed by atoms with Crippen LogP contribution in [0.15, 0.2) is 36.8 Å². The normalized spacial score (nSPS) is 16.7. The molecule has 0 aliphatic carbocycles. The number of halogens is 1. The summed E-state index contributed by atoms with van der Waals surface area (Å²) in [6.45, 7) is 6.05. The van der Waals surface area contributed by atoms with Crippen LogP contribution in [0, 0.1) is 18.7 Å². The molecule has 3 aromatic heterocycles. The maximum atomic E-state index is 14.4. The summed E-state index contributed by atoms with van der Waals surface area (Å²) in [4.78, 5) is 19.5. The Labute approximate surface area is 173 Å². The Morgan fingerprint density at radius 1 is 1.27 bits per heavy atom. The smallest absolute Gasteiger partial charge is 0.257 e. The number of anilines is 2. The number of imidazole rings is 1. The predicted molar refractivity (Wildman–Crippen MR) is 115 cm³/mol. The summed E-state index contributed by atoms with van der Waals surface area (Å²) < 4.78 is 17.7. The zero-order chi connectivity index (χ0) is 21.0. The molecule has 154 valence electrons. The third-order valence-electron chi connectivity index (χ3n) is 5.66. The molecule has 4 heterocycles. The maximum Gasteiger partial charge on any atom is 0.257 e. The highest BCUT2D eigenvalue weighted by atomic mass is 19.1. The Morgan fingerprint density at radius 3 is 2.87 bits per heavy atom. The summed E-state index contributed by atoms with van der Waals surface area (Å²) in [6, 6.07) is 5.08. The number of nitrogens with one attached hydrogen (secondary N) is 1. The Balaban J connectivity index is 1.51. The van der Waals surface area contributed by atoms with Gasteiger partial charge in [-0.3, -0.25) is 9.48 Å². The fourth-order valence-electron chi connectivity index (χ4n) is 4.26. The summed E-state index contributed by atoms with van der Waals surface area (Å²) >= 11 is 0. The monoisotopic (exact) mass is 406 g/mol. The van der Waals surface area contributed by atoms with Gasteiger partial charge in [0.1, 0.15) is 5.52 Å². The predicted octanol–water partition coefficient (Wildman–Crippen LogP) is 3.77. The number of carbonyl (C=O) groups is 1. The lowest BCUT2D eigenvalue weighted by Crippen LogP contribution is -2.20. The van der Waals surface area contributed by atoms with Crippen LogP contribution in [0.2, 0.25) is 0 Å². The van der Waals surface area contributed by atoms with Gasteiger partial charge in [-0.2, -0.15) is 5.10 Å². The van der Waals surface area contributed by atoms with Crippen LogP contribution in [0.5, 0.6) is 0 Å². The number of nitrogens with zero attached hydrogens (tertiary/aromatic N) is 5. The van der Waals surface area contributed by atoms with Gasteiger partial charge in [0.25, 0.3) is 5.91 Å². The van der Waals surface area contributed by atoms with E-state index in [9.17, 15) is 9.18 Å². The zero-order valence-electron chi connectivity index (χ0n) is 17.2. The second-order valence-corrected chi connectivity index (χ2v) is 8.18. The van der Waals surface area contributed by atoms with Gasteiger partial charge in [-0.15, -0.1) is 0 Å². The Bertz CT molecular complexity index is 1290. The van der Waals surface area contributed by atoms with Crippen molar-refractivity contribution in [1.82, 2.24) is 19.2 Å². The standard InChI is InChI=1S/C22H23FN6O/c1-13-6-7-28(9-13)19-5-4-16(20-17(19)12-27(3)26-20)22(30)25-15-8-18(23)21-24-14(2)10-29(21)11-15/h4-5,8,10-13H,6-7,9H2,1-3H3,(H,25,30)/t13-/m0/s1. The number of amides is 1. The number of fused-ring (bicyclic) bond motifs is 2. The molecule has 1 atom stereocenters. The molecule has 1 N–H and O–H groups in total. The van der Waals surface area contributed by atoms with E-state index in [1.54, 1.807) is 34.5 Å². The fraction of sp³-hybridized carbons (Fsp3) is 0.318. The van der Waals surface area contributed by atoms with E-state index in [4.69, 9.17) is 0 Å². The molecule has 1 aromatic carbocycles. The number of pyridine rings is 1. The third-order valence-corrected chi connectivity index (χ3v) is 5.66. The number of aryl methyl sites for hydroxylation is 2. The van der Waals surface area contributed by atoms with Crippen LogP contribution in [-0.4, -0.2) is 38.2 Å². The quantitative estimate of drug-likeness (QED) is 0.562. The molecule has 4 aromatic rings. The molecule has 0 unspecified atom stereocenters. The molecule has 1 fully saturated rings. The summed E-state index contributed by atoms with van der Waals surface area (Å²) in [7, 11) is 1.85. The van der Waals surface area contributed by atoms with Gasteiger partial charge in [0.05, 0.1) is 16.9 Å². The van der Waals surface area contributed by atoms with E-state index in [0.29, 0.717) is 28.4 Å². The number of aromatic nitrogens is 4. The van der Waals surface area contributed by atoms with E-state index in [2.05, 4.69) is 27.2 Å². The van der Waals surface area contributed by atoms with Crippen LogP contribution in [-0.2, 0) is 7.05 Å². The van der Waals surface area contributed by atoms with Crippen molar-refractivity contribution in [2.24, 2.45) is 13.0 Å². The van der Waals surface area contributed by atoms with Crippen molar-refractivity contribution >= 4 is 33.8 Å². The highest BCUT2D eigenvalue weighted by molar-refractivity contribution is 6.13. The van der Waals surface area contributed by atoms with Gasteiger partial charge < -0.3 is 14.6 Å². The first-order chi connectivity index (χ1) is 14.4. The van der Waals surface area contributed by atoms with Crippen molar-refractivity contribution in [3.8, 4) is 0 Å². The van der Waals surface area contributed by atoms with Crippen molar-refractivity contribution in [2.45, 2.75) is 20.3 Å². The molecule has 0 radical (unpaired) electrons. The first-order valence-electron chi connectivity index (χ1n) is 10.1. The Morgan fingerprint density at radius 2 is 2.10 bits per heavy atom. The molecular formula is C22H23FN6O. The Kier molecular flexibility index (Phi) is 4.23. The zero-order valence-corrected chi connectivity index (χ0v) is 17.2. The van der Waals surface area contributed by atoms with Crippen molar-refractivity contribution in [2.75, 3.05) is 23.3 Å². The number of rotatable bonds is 3. The molecule has 1 aliphatic rings. The highest BCUT2D eigenvalue weighted by Gasteiger charge is 2.23. The van der Waals surface area contributed by atoms with E-state index in [1.165, 1.54) is 6.07 Å². The molecular weight excluding hydrogens is 383 g/mol. The van der Waals surface area contributed by atoms with Crippen LogP contribution in [0.1, 0.15) is 29.4 Å². The van der Waals surface area contributed by atoms with Crippen LogP contribution in [0.25, 0.3) is 16.6 Å². The first-order valence-corrected chi connectivity index (χ1v) is 10.1. The Hall–Kier alpha value is -3.42. The van der Waals surface area contributed by atoms with E-state index < -0.39 is 5.82 Å². The van der Waals surface area contributed by atoms with Gasteiger partial charge >= 0.3 is 0 Å². The fourth-order valence-corrected chi connectivity index (χ4v) is 4.26. The number of benzene rings is 1. The molecule has 1 saturated heterocycles. The number of hydrogen-bond acceptors (Lipinski definition) is 4. The van der Waals surface area contributed by atoms with Gasteiger partial charge in [-0.25, -0.2) is 9.37 Å². The molecule has 0 saturated carbocycles. The lowest BCUT2D eigenvalue weighted by molar-refractivity contribution is 0.102. The molecule has 0 spiro atoms. The summed E-state index contributed by atoms with van der Waals surface area (Å²) in [6.07, 6.45) is 6.49. The van der Waals surface area contributed by atoms with Crippen molar-refractivity contribution < 1.29 is 9.18 Å². The maximum absolute atomic E-state index is 14.4. The minimum Gasteiger partial charge on any atom is -0.371 e. The first kappa shape index (κ1) is 18.6. The summed E-state index contributed by atoms with van der Waals surface area (Å²) in [5, 5.41) is 8.30. The van der Waals surface area contributed by atoms with Crippen molar-refractivity contribution in [1.29, 1.82) is 0 Å². The van der Waals surface area contributed by atoms with Crippen LogP contribution in [0.3, 0.4) is 0 Å². The second-order valence-electron chi connectivity index (χ2n) is 8.18. The lowest BCUT2D eigenvalue weighted by atomic mass is 10.1. The van der Waals surface area contributed by atoms with Gasteiger partial charge in [0, 0.05) is 55.9 Å². The molecule has 0 bridgehead atoms. The van der Waals surface area contributed by atoms with Gasteiger partial charge in [-0.1, -0.05) is 6.92 Å². The average Bonchev–Trinajstić information content (AvgIpc) is 3.38. The average molecular weight is 406 g/mol. The van der Waals surface area contributed by atoms with Crippen LogP contribution in [0.4, 0.5) is 15.8 Å². The van der Waals surface area contributed by atoms with Crippen LogP contribution < -0.4 is 10.2 Å². The number of carbonyl (C=O) groups excluding carboxylic acids is 1. The third kappa shape index (κ3) is 3.08. The largest absolute Gasteiger partial charge is 0.371 e. The lowest BCUT2D eigenvalue weighted by Gasteiger charge is -2.19. The van der Waals surface area contributed by atoms with E-state index >= 15 is 0 Å². The highest BCUT2D eigenvalue weighted by Crippen LogP contribution is 2.32. The number of hydrogen-bond donors (Lipinski definition) is 1. The molecule has 1 amide bonds. The summed E-state index contributed by atoms with van der Waals surface area (Å²) in [5.41, 5.74) is 3.52. The van der Waals surface area contributed by atoms with E-state index in [0.717, 1.165) is 30.6 Å². The molecule has 8 heteroatoms. The summed E-state index contributed by atoms with van der Waals surface area (Å²) in [5.74, 6) is -0.158. The minimum atomic E-state index is -0.484. The topological polar surface area (TPSA) is 67.5 Å². The SMILES string of the molecule is Cc1cn2cc(NC(=O)c3ccc(N4CC[C@H](C)C4)c4cn(C)nc34)cc(F)c2n1. The van der Waals surface area contributed by atoms with Crippen molar-refractivity contribution in [3.05, 3.63) is 53.9 Å². The molecule has 7 nitrogen and oxygen atoms in total. The second kappa shape index (κ2) is 6.83. The van der Waals surface area contributed by atoms with Gasteiger partial charge in [0.2, 0.25) is 0 Å². The van der Waals surface area contributed by atoms with Crippen LogP contribution >= 0.6 is 0 Å². The van der Waals surface area contributed by atoms with Crippen molar-refractivity contribution in [3.63, 3.8) is 0 Å². The minimum absolute atomic E-state index is 0.238. The van der Waals surface area contributed by atoms with E-state index in [-0.39, 0.29) is 11.6 Å².